The summed E-state index contributed by atoms with van der Waals surface area (Å²) in [7, 11) is 0. The molecule has 0 atom stereocenters. The van der Waals surface area contributed by atoms with Gasteiger partial charge in [0.25, 0.3) is 5.56 Å². The molecule has 148 valence electrons. The zero-order valence-corrected chi connectivity index (χ0v) is 16.3. The Morgan fingerprint density at radius 3 is 2.17 bits per heavy atom. The number of nitrogens with one attached hydrogen (secondary N) is 1. The summed E-state index contributed by atoms with van der Waals surface area (Å²) in [4.78, 5) is 25.8. The van der Waals surface area contributed by atoms with Crippen LogP contribution in [0.5, 0.6) is 11.5 Å². The van der Waals surface area contributed by atoms with Crippen LogP contribution in [-0.2, 0) is 11.3 Å². The van der Waals surface area contributed by atoms with E-state index in [1.165, 1.54) is 4.68 Å². The molecule has 30 heavy (non-hydrogen) atoms. The van der Waals surface area contributed by atoms with Crippen molar-refractivity contribution >= 4 is 16.7 Å². The number of amides is 1. The first-order valence-electron chi connectivity index (χ1n) is 9.73. The average Bonchev–Trinajstić information content (AvgIpc) is 2.77. The van der Waals surface area contributed by atoms with Crippen molar-refractivity contribution in [1.29, 1.82) is 0 Å². The Kier molecular flexibility index (Phi) is 4.32. The number of fused-ring (bicyclic) bond motifs is 3. The van der Waals surface area contributed by atoms with E-state index in [-0.39, 0.29) is 24.1 Å². The van der Waals surface area contributed by atoms with E-state index in [0.29, 0.717) is 22.6 Å². The monoisotopic (exact) mass is 397 g/mol. The lowest BCUT2D eigenvalue weighted by Crippen LogP contribution is -2.37. The lowest BCUT2D eigenvalue weighted by Gasteiger charge is -2.28. The number of para-hydroxylation sites is 2. The van der Waals surface area contributed by atoms with Crippen molar-refractivity contribution in [3.63, 3.8) is 0 Å². The molecule has 2 heterocycles. The van der Waals surface area contributed by atoms with Gasteiger partial charge in [-0.2, -0.15) is 5.10 Å². The molecule has 0 fully saturated rings. The highest BCUT2D eigenvalue weighted by Crippen LogP contribution is 2.42. The van der Waals surface area contributed by atoms with Crippen molar-refractivity contribution in [3.05, 3.63) is 100.0 Å². The minimum atomic E-state index is -0.365. The molecule has 6 nitrogen and oxygen atoms in total. The van der Waals surface area contributed by atoms with Crippen molar-refractivity contribution in [2.75, 3.05) is 0 Å². The summed E-state index contributed by atoms with van der Waals surface area (Å²) < 4.78 is 7.20. The zero-order valence-electron chi connectivity index (χ0n) is 16.3. The molecule has 1 N–H and O–H groups in total. The lowest BCUT2D eigenvalue weighted by atomic mass is 9.94. The molecule has 5 rings (SSSR count). The molecule has 3 aromatic carbocycles. The highest BCUT2D eigenvalue weighted by Gasteiger charge is 2.28. The van der Waals surface area contributed by atoms with Crippen LogP contribution >= 0.6 is 0 Å². The Morgan fingerprint density at radius 1 is 0.933 bits per heavy atom. The van der Waals surface area contributed by atoms with E-state index < -0.39 is 0 Å². The first kappa shape index (κ1) is 18.1. The maximum Gasteiger partial charge on any atom is 0.275 e. The smallest absolute Gasteiger partial charge is 0.275 e. The molecule has 4 aromatic rings. The fourth-order valence-electron chi connectivity index (χ4n) is 3.92. The van der Waals surface area contributed by atoms with Crippen LogP contribution in [0.15, 0.2) is 77.6 Å². The van der Waals surface area contributed by atoms with E-state index in [1.807, 2.05) is 73.7 Å². The molecular weight excluding hydrogens is 378 g/mol. The lowest BCUT2D eigenvalue weighted by molar-refractivity contribution is -0.122. The van der Waals surface area contributed by atoms with Crippen LogP contribution in [0.4, 0.5) is 0 Å². The predicted octanol–water partition coefficient (Wildman–Crippen LogP) is 3.72. The van der Waals surface area contributed by atoms with Crippen LogP contribution in [0.3, 0.4) is 0 Å². The maximum atomic E-state index is 12.9. The number of carbonyl (C=O) groups excluding carboxylic acids is 1. The van der Waals surface area contributed by atoms with Crippen molar-refractivity contribution in [2.24, 2.45) is 0 Å². The predicted molar refractivity (Wildman–Crippen MR) is 114 cm³/mol. The van der Waals surface area contributed by atoms with Gasteiger partial charge in [-0.1, -0.05) is 54.6 Å². The molecule has 0 aliphatic carbocycles. The van der Waals surface area contributed by atoms with Gasteiger partial charge >= 0.3 is 0 Å². The summed E-state index contributed by atoms with van der Waals surface area (Å²) in [6, 6.07) is 22.2. The number of aryl methyl sites for hydroxylation is 1. The normalized spacial score (nSPS) is 12.7. The summed E-state index contributed by atoms with van der Waals surface area (Å²) in [5.41, 5.74) is 2.18. The largest absolute Gasteiger partial charge is 0.457 e. The summed E-state index contributed by atoms with van der Waals surface area (Å²) in [5.74, 6) is 1.12. The van der Waals surface area contributed by atoms with E-state index in [2.05, 4.69) is 10.4 Å². The van der Waals surface area contributed by atoms with Crippen molar-refractivity contribution < 1.29 is 9.53 Å². The third-order valence-corrected chi connectivity index (χ3v) is 5.33. The first-order valence-corrected chi connectivity index (χ1v) is 9.73. The Morgan fingerprint density at radius 2 is 1.50 bits per heavy atom. The van der Waals surface area contributed by atoms with E-state index in [1.54, 1.807) is 6.07 Å². The molecule has 0 spiro atoms. The minimum absolute atomic E-state index is 0.161. The molecule has 0 radical (unpaired) electrons. The van der Waals surface area contributed by atoms with Gasteiger partial charge in [0, 0.05) is 16.5 Å². The van der Waals surface area contributed by atoms with Gasteiger partial charge in [0.05, 0.1) is 17.1 Å². The quantitative estimate of drug-likeness (QED) is 0.572. The molecule has 0 saturated carbocycles. The average molecular weight is 397 g/mol. The second kappa shape index (κ2) is 7.15. The van der Waals surface area contributed by atoms with E-state index in [0.717, 1.165) is 16.5 Å². The maximum absolute atomic E-state index is 12.9. The Hall–Kier alpha value is -3.93. The molecule has 0 saturated heterocycles. The van der Waals surface area contributed by atoms with Crippen LogP contribution in [0.25, 0.3) is 10.8 Å². The fourth-order valence-corrected chi connectivity index (χ4v) is 3.92. The number of nitrogens with zero attached hydrogens (tertiary/aromatic N) is 2. The second-order valence-electron chi connectivity index (χ2n) is 7.27. The molecule has 0 bridgehead atoms. The summed E-state index contributed by atoms with van der Waals surface area (Å²) in [5, 5.41) is 8.75. The van der Waals surface area contributed by atoms with Crippen LogP contribution in [0.2, 0.25) is 0 Å². The SMILES string of the molecule is Cc1nn(CC(=O)NC2c3ccccc3Oc3ccccc32)c(=O)c2ccccc12. The van der Waals surface area contributed by atoms with Crippen LogP contribution in [-0.4, -0.2) is 15.7 Å². The number of hydrogen-bond donors (Lipinski definition) is 1. The molecular formula is C24H19N3O3. The van der Waals surface area contributed by atoms with Gasteiger partial charge in [-0.15, -0.1) is 0 Å². The molecule has 1 aliphatic rings. The number of benzene rings is 3. The topological polar surface area (TPSA) is 73.2 Å². The summed E-state index contributed by atoms with van der Waals surface area (Å²) in [6.45, 7) is 1.67. The number of rotatable bonds is 3. The third-order valence-electron chi connectivity index (χ3n) is 5.33. The zero-order chi connectivity index (χ0) is 20.7. The Bertz CT molecular complexity index is 1300. The highest BCUT2D eigenvalue weighted by molar-refractivity contribution is 5.84. The van der Waals surface area contributed by atoms with Gasteiger partial charge in [-0.25, -0.2) is 4.68 Å². The molecule has 1 aliphatic heterocycles. The van der Waals surface area contributed by atoms with Gasteiger partial charge in [-0.3, -0.25) is 9.59 Å². The molecule has 0 unspecified atom stereocenters. The van der Waals surface area contributed by atoms with Gasteiger partial charge < -0.3 is 10.1 Å². The first-order chi connectivity index (χ1) is 14.6. The van der Waals surface area contributed by atoms with Gasteiger partial charge in [0.2, 0.25) is 5.91 Å². The molecule has 1 aromatic heterocycles. The molecule has 6 heteroatoms. The van der Waals surface area contributed by atoms with Crippen LogP contribution in [0.1, 0.15) is 22.9 Å². The van der Waals surface area contributed by atoms with E-state index in [4.69, 9.17) is 4.74 Å². The van der Waals surface area contributed by atoms with Crippen LogP contribution < -0.4 is 15.6 Å². The number of carbonyl (C=O) groups is 1. The highest BCUT2D eigenvalue weighted by atomic mass is 16.5. The second-order valence-corrected chi connectivity index (χ2v) is 7.27. The van der Waals surface area contributed by atoms with Gasteiger partial charge in [-0.05, 0) is 25.1 Å². The Balaban J connectivity index is 1.48. The van der Waals surface area contributed by atoms with Crippen molar-refractivity contribution in [2.45, 2.75) is 19.5 Å². The van der Waals surface area contributed by atoms with Crippen molar-refractivity contribution in [3.8, 4) is 11.5 Å². The number of aromatic nitrogens is 2. The summed E-state index contributed by atoms with van der Waals surface area (Å²) >= 11 is 0. The third kappa shape index (κ3) is 3.03. The Labute approximate surface area is 172 Å². The fraction of sp³-hybridized carbons (Fsp3) is 0.125. The number of ether oxygens (including phenoxy) is 1. The van der Waals surface area contributed by atoms with Crippen molar-refractivity contribution in [1.82, 2.24) is 15.1 Å². The molecule has 1 amide bonds. The minimum Gasteiger partial charge on any atom is -0.457 e. The number of hydrogen-bond acceptors (Lipinski definition) is 4. The van der Waals surface area contributed by atoms with Gasteiger partial charge in [0.1, 0.15) is 18.0 Å². The standard InChI is InChI=1S/C24H19N3O3/c1-15-16-8-2-3-9-17(16)24(29)27(26-15)14-22(28)25-23-18-10-4-6-12-20(18)30-21-13-7-5-11-19(21)23/h2-13,23H,14H2,1H3,(H,25,28). The summed E-state index contributed by atoms with van der Waals surface area (Å²) in [6.07, 6.45) is 0. The van der Waals surface area contributed by atoms with Gasteiger partial charge in [0.15, 0.2) is 0 Å². The van der Waals surface area contributed by atoms with E-state index >= 15 is 0 Å². The van der Waals surface area contributed by atoms with E-state index in [9.17, 15) is 9.59 Å². The van der Waals surface area contributed by atoms with Crippen LogP contribution in [0, 0.1) is 6.92 Å².